The molecule has 0 bridgehead atoms. The number of aryl methyl sites for hydroxylation is 1. The Kier molecular flexibility index (Phi) is 3.40. The fourth-order valence-corrected chi connectivity index (χ4v) is 2.77. The minimum absolute atomic E-state index is 0.260. The van der Waals surface area contributed by atoms with Crippen molar-refractivity contribution in [3.63, 3.8) is 0 Å². The molecule has 1 atom stereocenters. The molecule has 1 aromatic heterocycles. The zero-order valence-corrected chi connectivity index (χ0v) is 11.8. The smallest absolute Gasteiger partial charge is 0.231 e. The monoisotopic (exact) mass is 276 g/mol. The summed E-state index contributed by atoms with van der Waals surface area (Å²) in [4.78, 5) is 5.54. The Labute approximate surface area is 116 Å². The summed E-state index contributed by atoms with van der Waals surface area (Å²) >= 11 is 1.69. The summed E-state index contributed by atoms with van der Waals surface area (Å²) < 4.78 is 10.7. The summed E-state index contributed by atoms with van der Waals surface area (Å²) in [5.74, 6) is 1.66. The van der Waals surface area contributed by atoms with Crippen LogP contribution in [0.5, 0.6) is 11.5 Å². The summed E-state index contributed by atoms with van der Waals surface area (Å²) in [6.07, 6.45) is 0. The molecule has 0 saturated heterocycles. The molecule has 0 aliphatic carbocycles. The van der Waals surface area contributed by atoms with Crippen molar-refractivity contribution in [2.45, 2.75) is 26.4 Å². The number of hydrogen-bond donors (Lipinski definition) is 1. The Bertz CT molecular complexity index is 583. The van der Waals surface area contributed by atoms with E-state index in [1.807, 2.05) is 24.6 Å². The third-order valence-electron chi connectivity index (χ3n) is 3.31. The molecule has 19 heavy (non-hydrogen) atoms. The first-order valence-corrected chi connectivity index (χ1v) is 7.14. The van der Waals surface area contributed by atoms with Crippen molar-refractivity contribution >= 4 is 11.3 Å². The fourth-order valence-electron chi connectivity index (χ4n) is 2.04. The highest BCUT2D eigenvalue weighted by Crippen LogP contribution is 2.34. The first-order valence-electron chi connectivity index (χ1n) is 6.26. The van der Waals surface area contributed by atoms with Gasteiger partial charge in [0, 0.05) is 17.5 Å². The summed E-state index contributed by atoms with van der Waals surface area (Å²) in [6, 6.07) is 6.34. The van der Waals surface area contributed by atoms with Crippen LogP contribution in [0.4, 0.5) is 0 Å². The van der Waals surface area contributed by atoms with Crippen LogP contribution in [0.25, 0.3) is 0 Å². The van der Waals surface area contributed by atoms with Crippen LogP contribution in [0.2, 0.25) is 0 Å². The van der Waals surface area contributed by atoms with Crippen molar-refractivity contribution in [3.8, 4) is 11.5 Å². The first kappa shape index (κ1) is 12.4. The van der Waals surface area contributed by atoms with Crippen molar-refractivity contribution in [2.24, 2.45) is 0 Å². The highest BCUT2D eigenvalue weighted by Gasteiger charge is 2.15. The number of aromatic nitrogens is 1. The number of nitrogens with zero attached hydrogens (tertiary/aromatic N) is 1. The molecular weight excluding hydrogens is 260 g/mol. The van der Waals surface area contributed by atoms with E-state index >= 15 is 0 Å². The number of fused-ring (bicyclic) bond motifs is 1. The van der Waals surface area contributed by atoms with Gasteiger partial charge in [0.25, 0.3) is 0 Å². The molecule has 2 heterocycles. The minimum Gasteiger partial charge on any atom is -0.454 e. The third-order valence-corrected chi connectivity index (χ3v) is 4.25. The van der Waals surface area contributed by atoms with Crippen molar-refractivity contribution < 1.29 is 9.47 Å². The second-order valence-corrected chi connectivity index (χ2v) is 5.52. The van der Waals surface area contributed by atoms with Crippen molar-refractivity contribution in [1.29, 1.82) is 0 Å². The lowest BCUT2D eigenvalue weighted by Gasteiger charge is -2.14. The molecule has 2 aromatic rings. The maximum Gasteiger partial charge on any atom is 0.231 e. The zero-order valence-electron chi connectivity index (χ0n) is 11.0. The van der Waals surface area contributed by atoms with Gasteiger partial charge in [-0.1, -0.05) is 6.07 Å². The third kappa shape index (κ3) is 2.57. The van der Waals surface area contributed by atoms with E-state index in [9.17, 15) is 0 Å². The molecule has 0 radical (unpaired) electrons. The molecule has 1 N–H and O–H groups in total. The normalized spacial score (nSPS) is 14.6. The Morgan fingerprint density at radius 3 is 3.00 bits per heavy atom. The first-order chi connectivity index (χ1) is 9.24. The number of nitrogens with one attached hydrogen (secondary N) is 1. The maximum atomic E-state index is 5.40. The van der Waals surface area contributed by atoms with Crippen molar-refractivity contribution in [2.75, 3.05) is 6.79 Å². The molecule has 1 aromatic carbocycles. The van der Waals surface area contributed by atoms with Gasteiger partial charge in [-0.25, -0.2) is 4.98 Å². The molecule has 1 aliphatic heterocycles. The van der Waals surface area contributed by atoms with E-state index in [0.29, 0.717) is 6.79 Å². The van der Waals surface area contributed by atoms with Crippen LogP contribution in [0.3, 0.4) is 0 Å². The van der Waals surface area contributed by atoms with E-state index in [4.69, 9.17) is 9.47 Å². The van der Waals surface area contributed by atoms with E-state index < -0.39 is 0 Å². The fraction of sp³-hybridized carbons (Fsp3) is 0.357. The predicted octanol–water partition coefficient (Wildman–Crippen LogP) is 3.03. The molecule has 0 saturated carbocycles. The summed E-state index contributed by atoms with van der Waals surface area (Å²) in [6.45, 7) is 5.35. The largest absolute Gasteiger partial charge is 0.454 e. The lowest BCUT2D eigenvalue weighted by Crippen LogP contribution is -2.17. The van der Waals surface area contributed by atoms with Crippen LogP contribution < -0.4 is 14.8 Å². The quantitative estimate of drug-likeness (QED) is 0.932. The molecule has 100 valence electrons. The van der Waals surface area contributed by atoms with E-state index in [2.05, 4.69) is 23.3 Å². The second kappa shape index (κ2) is 5.19. The molecule has 0 spiro atoms. The van der Waals surface area contributed by atoms with Crippen LogP contribution in [-0.4, -0.2) is 11.8 Å². The molecule has 5 heteroatoms. The van der Waals surface area contributed by atoms with Gasteiger partial charge in [0.2, 0.25) is 6.79 Å². The van der Waals surface area contributed by atoms with Gasteiger partial charge in [-0.3, -0.25) is 0 Å². The number of ether oxygens (including phenoxy) is 2. The van der Waals surface area contributed by atoms with Gasteiger partial charge in [-0.15, -0.1) is 11.3 Å². The Morgan fingerprint density at radius 1 is 1.37 bits per heavy atom. The maximum absolute atomic E-state index is 5.40. The number of hydrogen-bond acceptors (Lipinski definition) is 5. The molecule has 3 rings (SSSR count). The second-order valence-electron chi connectivity index (χ2n) is 4.58. The number of thiazole rings is 1. The average Bonchev–Trinajstić information content (AvgIpc) is 3.03. The molecule has 0 amide bonds. The highest BCUT2D eigenvalue weighted by atomic mass is 32.1. The van der Waals surface area contributed by atoms with E-state index in [1.54, 1.807) is 11.3 Å². The van der Waals surface area contributed by atoms with Crippen LogP contribution in [0.1, 0.15) is 29.1 Å². The van der Waals surface area contributed by atoms with Gasteiger partial charge in [0.05, 0.1) is 11.2 Å². The van der Waals surface area contributed by atoms with Crippen LogP contribution in [-0.2, 0) is 6.54 Å². The van der Waals surface area contributed by atoms with E-state index in [0.717, 1.165) is 23.7 Å². The Morgan fingerprint density at radius 2 is 2.21 bits per heavy atom. The van der Waals surface area contributed by atoms with Gasteiger partial charge >= 0.3 is 0 Å². The van der Waals surface area contributed by atoms with Gasteiger partial charge in [-0.05, 0) is 31.5 Å². The van der Waals surface area contributed by atoms with Crippen LogP contribution in [0, 0.1) is 6.92 Å². The number of rotatable bonds is 4. The highest BCUT2D eigenvalue weighted by molar-refractivity contribution is 7.09. The summed E-state index contributed by atoms with van der Waals surface area (Å²) in [7, 11) is 0. The van der Waals surface area contributed by atoms with E-state index in [1.165, 1.54) is 10.4 Å². The minimum atomic E-state index is 0.260. The molecule has 4 nitrogen and oxygen atoms in total. The average molecular weight is 276 g/mol. The molecular formula is C14H16N2O2S. The van der Waals surface area contributed by atoms with Crippen molar-refractivity contribution in [3.05, 3.63) is 39.8 Å². The molecule has 0 fully saturated rings. The zero-order chi connectivity index (χ0) is 13.2. The number of benzene rings is 1. The van der Waals surface area contributed by atoms with Gasteiger partial charge in [0.15, 0.2) is 11.5 Å². The summed E-state index contributed by atoms with van der Waals surface area (Å²) in [5.41, 5.74) is 4.19. The van der Waals surface area contributed by atoms with Crippen LogP contribution >= 0.6 is 11.3 Å². The lowest BCUT2D eigenvalue weighted by molar-refractivity contribution is 0.174. The predicted molar refractivity (Wildman–Crippen MR) is 74.7 cm³/mol. The lowest BCUT2D eigenvalue weighted by atomic mass is 10.1. The molecule has 1 unspecified atom stereocenters. The Balaban J connectivity index is 1.67. The van der Waals surface area contributed by atoms with Gasteiger partial charge in [0.1, 0.15) is 0 Å². The van der Waals surface area contributed by atoms with E-state index in [-0.39, 0.29) is 6.04 Å². The summed E-state index contributed by atoms with van der Waals surface area (Å²) in [5, 5.41) is 3.51. The molecule has 1 aliphatic rings. The van der Waals surface area contributed by atoms with Gasteiger partial charge in [-0.2, -0.15) is 0 Å². The van der Waals surface area contributed by atoms with Crippen LogP contribution in [0.15, 0.2) is 23.7 Å². The topological polar surface area (TPSA) is 43.4 Å². The van der Waals surface area contributed by atoms with Crippen molar-refractivity contribution in [1.82, 2.24) is 10.3 Å². The Hall–Kier alpha value is -1.59. The standard InChI is InChI=1S/C14H16N2O2S/c1-9(15-6-14-10(2)16-7-19-14)11-3-4-12-13(5-11)18-8-17-12/h3-5,7,9,15H,6,8H2,1-2H3. The van der Waals surface area contributed by atoms with Gasteiger partial charge < -0.3 is 14.8 Å². The SMILES string of the molecule is Cc1ncsc1CNC(C)c1ccc2c(c1)OCO2.